The second-order valence-corrected chi connectivity index (χ2v) is 9.44. The summed E-state index contributed by atoms with van der Waals surface area (Å²) in [7, 11) is 0. The van der Waals surface area contributed by atoms with Crippen molar-refractivity contribution in [1.29, 1.82) is 0 Å². The van der Waals surface area contributed by atoms with Gasteiger partial charge in [-0.25, -0.2) is 0 Å². The first-order chi connectivity index (χ1) is 14.7. The Morgan fingerprint density at radius 1 is 1.10 bits per heavy atom. The van der Waals surface area contributed by atoms with E-state index in [1.165, 1.54) is 23.1 Å². The van der Waals surface area contributed by atoms with Crippen LogP contribution in [0.2, 0.25) is 0 Å². The van der Waals surface area contributed by atoms with Gasteiger partial charge >= 0.3 is 0 Å². The van der Waals surface area contributed by atoms with E-state index < -0.39 is 0 Å². The van der Waals surface area contributed by atoms with Crippen LogP contribution in [0.15, 0.2) is 48.5 Å². The summed E-state index contributed by atoms with van der Waals surface area (Å²) in [6, 6.07) is 17.8. The Bertz CT molecular complexity index is 890. The summed E-state index contributed by atoms with van der Waals surface area (Å²) in [6.45, 7) is 8.51. The van der Waals surface area contributed by atoms with E-state index in [0.717, 1.165) is 57.7 Å². The number of piperidine rings is 2. The summed E-state index contributed by atoms with van der Waals surface area (Å²) in [5, 5.41) is 3.45. The van der Waals surface area contributed by atoms with Gasteiger partial charge in [-0.05, 0) is 66.9 Å². The minimum absolute atomic E-state index is 0.232. The van der Waals surface area contributed by atoms with Crippen molar-refractivity contribution >= 4 is 5.91 Å². The number of benzene rings is 2. The molecule has 3 aliphatic heterocycles. The minimum Gasteiger partial charge on any atom is -0.330 e. The molecule has 0 saturated carbocycles. The van der Waals surface area contributed by atoms with Crippen molar-refractivity contribution in [1.82, 2.24) is 15.1 Å². The van der Waals surface area contributed by atoms with Crippen molar-refractivity contribution in [2.24, 2.45) is 5.92 Å². The van der Waals surface area contributed by atoms with Gasteiger partial charge in [0.1, 0.15) is 0 Å². The number of hydrogen-bond acceptors (Lipinski definition) is 3. The molecule has 4 heteroatoms. The molecule has 1 N–H and O–H groups in total. The van der Waals surface area contributed by atoms with Gasteiger partial charge in [-0.1, -0.05) is 49.4 Å². The van der Waals surface area contributed by atoms with Gasteiger partial charge in [-0.3, -0.25) is 9.69 Å². The standard InChI is InChI=1S/C26H33N3O/c1-19-16-28(17-20-6-3-2-4-7-20)13-11-24(19)21-9-10-25-22(14-21)18-29(26(25)30)23-8-5-12-27-15-23/h2-4,6-7,9-10,14,19,23-24,27H,5,8,11-13,15-18H2,1H3. The number of fused-ring (bicyclic) bond motifs is 1. The quantitative estimate of drug-likeness (QED) is 0.838. The molecule has 158 valence electrons. The lowest BCUT2D eigenvalue weighted by Gasteiger charge is -2.37. The third kappa shape index (κ3) is 3.91. The molecule has 0 spiro atoms. The number of carbonyl (C=O) groups is 1. The van der Waals surface area contributed by atoms with E-state index in [1.54, 1.807) is 0 Å². The third-order valence-electron chi connectivity index (χ3n) is 7.34. The number of hydrogen-bond donors (Lipinski definition) is 1. The topological polar surface area (TPSA) is 35.6 Å². The lowest BCUT2D eigenvalue weighted by atomic mass is 9.80. The number of amides is 1. The maximum Gasteiger partial charge on any atom is 0.254 e. The SMILES string of the molecule is CC1CN(Cc2ccccc2)CCC1c1ccc2c(c1)CN(C1CCCNC1)C2=O. The molecule has 5 rings (SSSR count). The van der Waals surface area contributed by atoms with Crippen LogP contribution >= 0.6 is 0 Å². The minimum atomic E-state index is 0.232. The molecular formula is C26H33N3O. The third-order valence-corrected chi connectivity index (χ3v) is 7.34. The van der Waals surface area contributed by atoms with Crippen LogP contribution in [-0.4, -0.2) is 47.9 Å². The average Bonchev–Trinajstić information content (AvgIpc) is 3.11. The van der Waals surface area contributed by atoms with Crippen LogP contribution in [0.3, 0.4) is 0 Å². The Morgan fingerprint density at radius 2 is 1.97 bits per heavy atom. The molecule has 2 fully saturated rings. The van der Waals surface area contributed by atoms with E-state index in [0.29, 0.717) is 17.9 Å². The fraction of sp³-hybridized carbons (Fsp3) is 0.500. The Morgan fingerprint density at radius 3 is 2.73 bits per heavy atom. The molecule has 0 aromatic heterocycles. The fourth-order valence-electron chi connectivity index (χ4n) is 5.70. The molecular weight excluding hydrogens is 370 g/mol. The summed E-state index contributed by atoms with van der Waals surface area (Å²) in [5.74, 6) is 1.44. The van der Waals surface area contributed by atoms with Gasteiger partial charge in [-0.15, -0.1) is 0 Å². The van der Waals surface area contributed by atoms with E-state index in [4.69, 9.17) is 0 Å². The van der Waals surface area contributed by atoms with Crippen molar-refractivity contribution < 1.29 is 4.79 Å². The van der Waals surface area contributed by atoms with E-state index in [-0.39, 0.29) is 5.91 Å². The molecule has 3 unspecified atom stereocenters. The van der Waals surface area contributed by atoms with Crippen molar-refractivity contribution in [3.63, 3.8) is 0 Å². The number of rotatable bonds is 4. The van der Waals surface area contributed by atoms with Gasteiger partial charge in [0, 0.05) is 37.8 Å². The van der Waals surface area contributed by atoms with Crippen LogP contribution in [0, 0.1) is 5.92 Å². The Balaban J connectivity index is 1.26. The first kappa shape index (κ1) is 19.8. The smallest absolute Gasteiger partial charge is 0.254 e. The second kappa shape index (κ2) is 8.52. The number of carbonyl (C=O) groups excluding carboxylic acids is 1. The van der Waals surface area contributed by atoms with Gasteiger partial charge in [0.2, 0.25) is 0 Å². The number of nitrogens with one attached hydrogen (secondary N) is 1. The predicted molar refractivity (Wildman–Crippen MR) is 120 cm³/mol. The first-order valence-electron chi connectivity index (χ1n) is 11.6. The zero-order valence-corrected chi connectivity index (χ0v) is 18.0. The van der Waals surface area contributed by atoms with Crippen molar-refractivity contribution in [3.05, 3.63) is 70.8 Å². The molecule has 2 saturated heterocycles. The Kier molecular flexibility index (Phi) is 5.62. The van der Waals surface area contributed by atoms with E-state index in [1.807, 2.05) is 0 Å². The van der Waals surface area contributed by atoms with E-state index in [2.05, 4.69) is 70.6 Å². The number of likely N-dealkylation sites (tertiary alicyclic amines) is 1. The van der Waals surface area contributed by atoms with Crippen molar-refractivity contribution in [2.75, 3.05) is 26.2 Å². The summed E-state index contributed by atoms with van der Waals surface area (Å²) < 4.78 is 0. The Labute approximate surface area is 180 Å². The molecule has 3 aliphatic rings. The predicted octanol–water partition coefficient (Wildman–Crippen LogP) is 4.02. The lowest BCUT2D eigenvalue weighted by molar-refractivity contribution is 0.0674. The largest absolute Gasteiger partial charge is 0.330 e. The Hall–Kier alpha value is -2.17. The van der Waals surface area contributed by atoms with Crippen molar-refractivity contribution in [2.45, 2.75) is 51.2 Å². The summed E-state index contributed by atoms with van der Waals surface area (Å²) in [6.07, 6.45) is 3.47. The van der Waals surface area contributed by atoms with Crippen LogP contribution in [0.4, 0.5) is 0 Å². The molecule has 2 aromatic rings. The molecule has 3 heterocycles. The monoisotopic (exact) mass is 403 g/mol. The van der Waals surface area contributed by atoms with Crippen LogP contribution in [0.5, 0.6) is 0 Å². The van der Waals surface area contributed by atoms with Gasteiger partial charge in [0.15, 0.2) is 0 Å². The maximum absolute atomic E-state index is 13.0. The van der Waals surface area contributed by atoms with Gasteiger partial charge in [0.05, 0.1) is 0 Å². The normalized spacial score (nSPS) is 27.3. The second-order valence-electron chi connectivity index (χ2n) is 9.44. The molecule has 30 heavy (non-hydrogen) atoms. The van der Waals surface area contributed by atoms with Crippen LogP contribution in [-0.2, 0) is 13.1 Å². The fourth-order valence-corrected chi connectivity index (χ4v) is 5.70. The molecule has 1 amide bonds. The van der Waals surface area contributed by atoms with Crippen LogP contribution in [0.25, 0.3) is 0 Å². The molecule has 4 nitrogen and oxygen atoms in total. The molecule has 0 bridgehead atoms. The summed E-state index contributed by atoms with van der Waals surface area (Å²) in [4.78, 5) is 17.6. The summed E-state index contributed by atoms with van der Waals surface area (Å²) >= 11 is 0. The van der Waals surface area contributed by atoms with Crippen LogP contribution < -0.4 is 5.32 Å². The highest BCUT2D eigenvalue weighted by Crippen LogP contribution is 2.36. The van der Waals surface area contributed by atoms with E-state index in [9.17, 15) is 4.79 Å². The van der Waals surface area contributed by atoms with Gasteiger partial charge in [-0.2, -0.15) is 0 Å². The van der Waals surface area contributed by atoms with Crippen molar-refractivity contribution in [3.8, 4) is 0 Å². The zero-order valence-electron chi connectivity index (χ0n) is 18.0. The maximum atomic E-state index is 13.0. The highest BCUT2D eigenvalue weighted by molar-refractivity contribution is 5.98. The molecule has 2 aromatic carbocycles. The molecule has 0 aliphatic carbocycles. The summed E-state index contributed by atoms with van der Waals surface area (Å²) in [5.41, 5.74) is 4.99. The highest BCUT2D eigenvalue weighted by Gasteiger charge is 2.34. The molecule has 0 radical (unpaired) electrons. The average molecular weight is 404 g/mol. The van der Waals surface area contributed by atoms with E-state index >= 15 is 0 Å². The first-order valence-corrected chi connectivity index (χ1v) is 11.6. The zero-order chi connectivity index (χ0) is 20.5. The number of nitrogens with zero attached hydrogens (tertiary/aromatic N) is 2. The van der Waals surface area contributed by atoms with Gasteiger partial charge < -0.3 is 10.2 Å². The highest BCUT2D eigenvalue weighted by atomic mass is 16.2. The molecule has 3 atom stereocenters. The van der Waals surface area contributed by atoms with Gasteiger partial charge in [0.25, 0.3) is 5.91 Å². The van der Waals surface area contributed by atoms with Crippen LogP contribution in [0.1, 0.15) is 59.2 Å². The lowest BCUT2D eigenvalue weighted by Crippen LogP contribution is -2.46.